The zero-order valence-corrected chi connectivity index (χ0v) is 8.33. The van der Waals surface area contributed by atoms with E-state index in [0.717, 1.165) is 11.3 Å². The minimum absolute atomic E-state index is 0.148. The topological polar surface area (TPSA) is 54.7 Å². The Labute approximate surface area is 78.8 Å². The number of nitriles is 1. The van der Waals surface area contributed by atoms with Gasteiger partial charge >= 0.3 is 0 Å². The van der Waals surface area contributed by atoms with Crippen molar-refractivity contribution >= 4 is 0 Å². The largest absolute Gasteiger partial charge is 0.352 e. The van der Waals surface area contributed by atoms with Gasteiger partial charge in [-0.1, -0.05) is 0 Å². The summed E-state index contributed by atoms with van der Waals surface area (Å²) >= 11 is 0. The molecule has 0 aliphatic rings. The van der Waals surface area contributed by atoms with Crippen LogP contribution in [0, 0.1) is 25.2 Å². The highest BCUT2D eigenvalue weighted by molar-refractivity contribution is 5.29. The van der Waals surface area contributed by atoms with Crippen LogP contribution in [0.3, 0.4) is 0 Å². The van der Waals surface area contributed by atoms with Gasteiger partial charge < -0.3 is 10.3 Å². The minimum atomic E-state index is -0.148. The van der Waals surface area contributed by atoms with Crippen molar-refractivity contribution in [3.05, 3.63) is 23.0 Å². The Hall–Kier alpha value is -1.27. The van der Waals surface area contributed by atoms with Crippen LogP contribution < -0.4 is 5.73 Å². The monoisotopic (exact) mass is 177 g/mol. The van der Waals surface area contributed by atoms with Crippen LogP contribution >= 0.6 is 0 Å². The molecule has 1 aromatic rings. The maximum atomic E-state index is 8.53. The molecule has 3 heteroatoms. The van der Waals surface area contributed by atoms with E-state index in [2.05, 4.69) is 16.7 Å². The predicted octanol–water partition coefficient (Wildman–Crippen LogP) is 1.56. The Morgan fingerprint density at radius 1 is 1.62 bits per heavy atom. The predicted molar refractivity (Wildman–Crippen MR) is 52.0 cm³/mol. The van der Waals surface area contributed by atoms with Crippen LogP contribution in [0.5, 0.6) is 0 Å². The lowest BCUT2D eigenvalue weighted by molar-refractivity contribution is 0.731. The second-order valence-electron chi connectivity index (χ2n) is 3.35. The second kappa shape index (κ2) is 3.63. The molecule has 0 aliphatic heterocycles. The molecule has 0 fully saturated rings. The van der Waals surface area contributed by atoms with Gasteiger partial charge in [0.05, 0.1) is 12.5 Å². The molecule has 0 saturated carbocycles. The highest BCUT2D eigenvalue weighted by Crippen LogP contribution is 2.21. The molecule has 1 rings (SSSR count). The first-order chi connectivity index (χ1) is 6.07. The molecule has 13 heavy (non-hydrogen) atoms. The first-order valence-electron chi connectivity index (χ1n) is 4.33. The SMILES string of the molecule is Cc1cc([C@H](N)CC#N)c(C)n1C. The minimum Gasteiger partial charge on any atom is -0.352 e. The van der Waals surface area contributed by atoms with Gasteiger partial charge in [-0.3, -0.25) is 0 Å². The number of rotatable bonds is 2. The fraction of sp³-hybridized carbons (Fsp3) is 0.500. The van der Waals surface area contributed by atoms with Gasteiger partial charge in [-0.05, 0) is 25.5 Å². The number of hydrogen-bond acceptors (Lipinski definition) is 2. The Balaban J connectivity index is 3.02. The van der Waals surface area contributed by atoms with E-state index >= 15 is 0 Å². The van der Waals surface area contributed by atoms with Gasteiger partial charge in [0.1, 0.15) is 0 Å². The Morgan fingerprint density at radius 2 is 2.23 bits per heavy atom. The lowest BCUT2D eigenvalue weighted by atomic mass is 10.1. The van der Waals surface area contributed by atoms with Crippen LogP contribution in [-0.4, -0.2) is 4.57 Å². The molecule has 70 valence electrons. The fourth-order valence-electron chi connectivity index (χ4n) is 1.47. The molecular weight excluding hydrogens is 162 g/mol. The van der Waals surface area contributed by atoms with Crippen molar-refractivity contribution in [2.24, 2.45) is 12.8 Å². The third kappa shape index (κ3) is 1.73. The third-order valence-corrected chi connectivity index (χ3v) is 2.53. The van der Waals surface area contributed by atoms with E-state index in [1.807, 2.05) is 20.9 Å². The van der Waals surface area contributed by atoms with E-state index in [9.17, 15) is 0 Å². The summed E-state index contributed by atoms with van der Waals surface area (Å²) < 4.78 is 2.09. The van der Waals surface area contributed by atoms with Gasteiger partial charge in [-0.2, -0.15) is 5.26 Å². The van der Waals surface area contributed by atoms with Gasteiger partial charge in [0.25, 0.3) is 0 Å². The Kier molecular flexibility index (Phi) is 2.74. The van der Waals surface area contributed by atoms with Gasteiger partial charge in [-0.15, -0.1) is 0 Å². The summed E-state index contributed by atoms with van der Waals surface area (Å²) in [5.41, 5.74) is 9.27. The molecule has 3 nitrogen and oxygen atoms in total. The van der Waals surface area contributed by atoms with Crippen LogP contribution in [0.15, 0.2) is 6.07 Å². The van der Waals surface area contributed by atoms with Crippen molar-refractivity contribution in [1.29, 1.82) is 5.26 Å². The van der Waals surface area contributed by atoms with Crippen LogP contribution in [0.4, 0.5) is 0 Å². The number of nitrogens with zero attached hydrogens (tertiary/aromatic N) is 2. The first-order valence-corrected chi connectivity index (χ1v) is 4.33. The van der Waals surface area contributed by atoms with E-state index in [1.54, 1.807) is 0 Å². The summed E-state index contributed by atoms with van der Waals surface area (Å²) in [7, 11) is 2.01. The Bertz CT molecular complexity index is 344. The van der Waals surface area contributed by atoms with Gasteiger partial charge in [-0.25, -0.2) is 0 Å². The molecule has 0 aromatic carbocycles. The van der Waals surface area contributed by atoms with Crippen molar-refractivity contribution < 1.29 is 0 Å². The molecule has 0 saturated heterocycles. The number of nitrogens with two attached hydrogens (primary N) is 1. The smallest absolute Gasteiger partial charge is 0.0641 e. The average molecular weight is 177 g/mol. The zero-order chi connectivity index (χ0) is 10.0. The van der Waals surface area contributed by atoms with E-state index in [1.165, 1.54) is 5.69 Å². The van der Waals surface area contributed by atoms with E-state index < -0.39 is 0 Å². The molecule has 0 unspecified atom stereocenters. The van der Waals surface area contributed by atoms with E-state index in [4.69, 9.17) is 11.0 Å². The zero-order valence-electron chi connectivity index (χ0n) is 8.33. The van der Waals surface area contributed by atoms with Gasteiger partial charge in [0.2, 0.25) is 0 Å². The average Bonchev–Trinajstić information content (AvgIpc) is 2.33. The fourth-order valence-corrected chi connectivity index (χ4v) is 1.47. The lowest BCUT2D eigenvalue weighted by Gasteiger charge is -2.07. The highest BCUT2D eigenvalue weighted by Gasteiger charge is 2.12. The molecule has 0 spiro atoms. The molecular formula is C10H15N3. The van der Waals surface area contributed by atoms with Crippen LogP contribution in [0.25, 0.3) is 0 Å². The molecule has 0 bridgehead atoms. The van der Waals surface area contributed by atoms with E-state index in [0.29, 0.717) is 6.42 Å². The molecule has 1 atom stereocenters. The highest BCUT2D eigenvalue weighted by atomic mass is 15.0. The first kappa shape index (κ1) is 9.82. The lowest BCUT2D eigenvalue weighted by Crippen LogP contribution is -2.10. The third-order valence-electron chi connectivity index (χ3n) is 2.53. The molecule has 0 radical (unpaired) electrons. The van der Waals surface area contributed by atoms with Crippen LogP contribution in [0.2, 0.25) is 0 Å². The maximum absolute atomic E-state index is 8.53. The van der Waals surface area contributed by atoms with Crippen LogP contribution in [0.1, 0.15) is 29.4 Å². The Morgan fingerprint density at radius 3 is 2.62 bits per heavy atom. The van der Waals surface area contributed by atoms with Gasteiger partial charge in [0.15, 0.2) is 0 Å². The van der Waals surface area contributed by atoms with Crippen molar-refractivity contribution in [3.63, 3.8) is 0 Å². The molecule has 0 amide bonds. The van der Waals surface area contributed by atoms with Crippen molar-refractivity contribution in [3.8, 4) is 6.07 Å². The van der Waals surface area contributed by atoms with Crippen molar-refractivity contribution in [2.45, 2.75) is 26.3 Å². The molecule has 1 heterocycles. The summed E-state index contributed by atoms with van der Waals surface area (Å²) in [6, 6.07) is 3.99. The molecule has 0 aliphatic carbocycles. The van der Waals surface area contributed by atoms with E-state index in [-0.39, 0.29) is 6.04 Å². The van der Waals surface area contributed by atoms with Crippen molar-refractivity contribution in [1.82, 2.24) is 4.57 Å². The quantitative estimate of drug-likeness (QED) is 0.745. The standard InChI is InChI=1S/C10H15N3/c1-7-6-9(8(2)13(7)3)10(12)4-5-11/h6,10H,4,12H2,1-3H3/t10-/m1/s1. The van der Waals surface area contributed by atoms with Crippen molar-refractivity contribution in [2.75, 3.05) is 0 Å². The summed E-state index contributed by atoms with van der Waals surface area (Å²) in [4.78, 5) is 0. The number of hydrogen-bond donors (Lipinski definition) is 1. The summed E-state index contributed by atoms with van der Waals surface area (Å²) in [6.45, 7) is 4.06. The summed E-state index contributed by atoms with van der Waals surface area (Å²) in [6.07, 6.45) is 0.379. The normalized spacial score (nSPS) is 12.5. The molecule has 2 N–H and O–H groups in total. The molecule has 1 aromatic heterocycles. The summed E-state index contributed by atoms with van der Waals surface area (Å²) in [5.74, 6) is 0. The van der Waals surface area contributed by atoms with Crippen LogP contribution in [-0.2, 0) is 7.05 Å². The second-order valence-corrected chi connectivity index (χ2v) is 3.35. The van der Waals surface area contributed by atoms with Gasteiger partial charge in [0, 0.05) is 24.5 Å². The maximum Gasteiger partial charge on any atom is 0.0641 e. The summed E-state index contributed by atoms with van der Waals surface area (Å²) in [5, 5.41) is 8.53. The number of aryl methyl sites for hydroxylation is 1. The number of aromatic nitrogens is 1.